The first-order valence-electron chi connectivity index (χ1n) is 8.66. The maximum atomic E-state index is 5.33. The van der Waals surface area contributed by atoms with Gasteiger partial charge in [0.1, 0.15) is 5.75 Å². The van der Waals surface area contributed by atoms with Gasteiger partial charge in [0.05, 0.1) is 13.7 Å². The molecule has 1 N–H and O–H groups in total. The lowest BCUT2D eigenvalue weighted by molar-refractivity contribution is 0.371. The van der Waals surface area contributed by atoms with Crippen LogP contribution in [0.25, 0.3) is 0 Å². The Balaban J connectivity index is 0.00000243. The number of rotatable bonds is 4. The van der Waals surface area contributed by atoms with E-state index in [0.717, 1.165) is 44.4 Å². The summed E-state index contributed by atoms with van der Waals surface area (Å²) in [4.78, 5) is 9.16. The van der Waals surface area contributed by atoms with Crippen LogP contribution in [0.1, 0.15) is 5.69 Å². The summed E-state index contributed by atoms with van der Waals surface area (Å²) >= 11 is 0. The molecular formula is C19H28IN5O. The minimum atomic E-state index is 0. The molecule has 1 fully saturated rings. The van der Waals surface area contributed by atoms with Crippen LogP contribution in [0.15, 0.2) is 47.6 Å². The third-order valence-corrected chi connectivity index (χ3v) is 4.69. The molecule has 3 rings (SSSR count). The molecule has 1 aliphatic rings. The number of hydrogen-bond acceptors (Lipinski definition) is 3. The third kappa shape index (κ3) is 4.84. The van der Waals surface area contributed by atoms with Gasteiger partial charge in [-0.05, 0) is 24.3 Å². The van der Waals surface area contributed by atoms with Gasteiger partial charge in [-0.25, -0.2) is 0 Å². The molecule has 0 aliphatic carbocycles. The summed E-state index contributed by atoms with van der Waals surface area (Å²) in [6.07, 6.45) is 2.06. The van der Waals surface area contributed by atoms with Crippen molar-refractivity contribution in [3.05, 3.63) is 48.3 Å². The van der Waals surface area contributed by atoms with Crippen LogP contribution in [0.3, 0.4) is 0 Å². The minimum absolute atomic E-state index is 0. The van der Waals surface area contributed by atoms with Gasteiger partial charge in [0.15, 0.2) is 5.96 Å². The number of methoxy groups -OCH3 is 1. The van der Waals surface area contributed by atoms with E-state index in [9.17, 15) is 0 Å². The SMILES string of the molecule is CN=C(NCc1cccn1C)N1CCN(c2cccc(OC)c2)CC1.I. The maximum absolute atomic E-state index is 5.33. The topological polar surface area (TPSA) is 45.0 Å². The zero-order chi connectivity index (χ0) is 17.6. The van der Waals surface area contributed by atoms with E-state index in [1.807, 2.05) is 19.2 Å². The first kappa shape index (κ1) is 20.4. The normalized spacial score (nSPS) is 14.8. The van der Waals surface area contributed by atoms with Crippen LogP contribution in [0.5, 0.6) is 5.75 Å². The summed E-state index contributed by atoms with van der Waals surface area (Å²) in [5, 5.41) is 3.47. The second-order valence-electron chi connectivity index (χ2n) is 6.19. The molecule has 2 aromatic rings. The quantitative estimate of drug-likeness (QED) is 0.425. The third-order valence-electron chi connectivity index (χ3n) is 4.69. The van der Waals surface area contributed by atoms with E-state index in [-0.39, 0.29) is 24.0 Å². The highest BCUT2D eigenvalue weighted by molar-refractivity contribution is 14.0. The lowest BCUT2D eigenvalue weighted by Crippen LogP contribution is -2.52. The number of anilines is 1. The molecule has 7 heteroatoms. The van der Waals surface area contributed by atoms with Crippen molar-refractivity contribution in [3.63, 3.8) is 0 Å². The molecule has 0 bridgehead atoms. The monoisotopic (exact) mass is 469 g/mol. The Kier molecular flexibility index (Phi) is 7.62. The van der Waals surface area contributed by atoms with Gasteiger partial charge in [0.25, 0.3) is 0 Å². The van der Waals surface area contributed by atoms with Gasteiger partial charge < -0.3 is 24.4 Å². The number of halogens is 1. The number of aryl methyl sites for hydroxylation is 1. The summed E-state index contributed by atoms with van der Waals surface area (Å²) < 4.78 is 7.46. The van der Waals surface area contributed by atoms with Crippen LogP contribution in [0.2, 0.25) is 0 Å². The number of piperazine rings is 1. The lowest BCUT2D eigenvalue weighted by atomic mass is 10.2. The Bertz CT molecular complexity index is 722. The van der Waals surface area contributed by atoms with Gasteiger partial charge in [-0.1, -0.05) is 6.07 Å². The molecule has 0 saturated carbocycles. The molecule has 1 aliphatic heterocycles. The highest BCUT2D eigenvalue weighted by Crippen LogP contribution is 2.22. The van der Waals surface area contributed by atoms with Crippen molar-refractivity contribution in [3.8, 4) is 5.75 Å². The number of hydrogen-bond donors (Lipinski definition) is 1. The average Bonchev–Trinajstić information content (AvgIpc) is 3.08. The maximum Gasteiger partial charge on any atom is 0.194 e. The number of ether oxygens (including phenoxy) is 1. The van der Waals surface area contributed by atoms with Gasteiger partial charge in [-0.3, -0.25) is 4.99 Å². The fraction of sp³-hybridized carbons (Fsp3) is 0.421. The van der Waals surface area contributed by atoms with E-state index in [0.29, 0.717) is 0 Å². The van der Waals surface area contributed by atoms with Gasteiger partial charge in [-0.15, -0.1) is 24.0 Å². The van der Waals surface area contributed by atoms with Crippen molar-refractivity contribution in [1.29, 1.82) is 0 Å². The summed E-state index contributed by atoms with van der Waals surface area (Å²) in [6.45, 7) is 4.62. The number of nitrogens with zero attached hydrogens (tertiary/aromatic N) is 4. The van der Waals surface area contributed by atoms with Crippen molar-refractivity contribution in [2.24, 2.45) is 12.0 Å². The molecule has 2 heterocycles. The van der Waals surface area contributed by atoms with Crippen LogP contribution in [0, 0.1) is 0 Å². The van der Waals surface area contributed by atoms with Crippen molar-refractivity contribution in [1.82, 2.24) is 14.8 Å². The highest BCUT2D eigenvalue weighted by atomic mass is 127. The van der Waals surface area contributed by atoms with Crippen LogP contribution in [-0.4, -0.2) is 55.8 Å². The minimum Gasteiger partial charge on any atom is -0.497 e. The largest absolute Gasteiger partial charge is 0.497 e. The van der Waals surface area contributed by atoms with Crippen LogP contribution in [-0.2, 0) is 13.6 Å². The number of benzene rings is 1. The smallest absolute Gasteiger partial charge is 0.194 e. The fourth-order valence-corrected chi connectivity index (χ4v) is 3.17. The fourth-order valence-electron chi connectivity index (χ4n) is 3.17. The number of guanidine groups is 1. The van der Waals surface area contributed by atoms with Crippen LogP contribution >= 0.6 is 24.0 Å². The summed E-state index contributed by atoms with van der Waals surface area (Å²) in [5.41, 5.74) is 2.46. The average molecular weight is 469 g/mol. The highest BCUT2D eigenvalue weighted by Gasteiger charge is 2.20. The first-order valence-corrected chi connectivity index (χ1v) is 8.66. The second-order valence-corrected chi connectivity index (χ2v) is 6.19. The van der Waals surface area contributed by atoms with Crippen molar-refractivity contribution in [2.45, 2.75) is 6.54 Å². The predicted octanol–water partition coefficient (Wildman–Crippen LogP) is 2.55. The van der Waals surface area contributed by atoms with Crippen molar-refractivity contribution in [2.75, 3.05) is 45.2 Å². The second kappa shape index (κ2) is 9.70. The molecular weight excluding hydrogens is 441 g/mol. The molecule has 26 heavy (non-hydrogen) atoms. The standard InChI is InChI=1S/C19H27N5O.HI/c1-20-19(21-15-17-7-5-9-22(17)2)24-12-10-23(11-13-24)16-6-4-8-18(14-16)25-3;/h4-9,14H,10-13,15H2,1-3H3,(H,20,21);1H. The molecule has 6 nitrogen and oxygen atoms in total. The van der Waals surface area contributed by atoms with E-state index < -0.39 is 0 Å². The Labute approximate surface area is 172 Å². The Morgan fingerprint density at radius 3 is 2.54 bits per heavy atom. The van der Waals surface area contributed by atoms with E-state index in [2.05, 4.69) is 62.2 Å². The molecule has 0 atom stereocenters. The van der Waals surface area contributed by atoms with Gasteiger partial charge in [0.2, 0.25) is 0 Å². The van der Waals surface area contributed by atoms with Crippen molar-refractivity contribution < 1.29 is 4.74 Å². The van der Waals surface area contributed by atoms with Crippen LogP contribution in [0.4, 0.5) is 5.69 Å². The van der Waals surface area contributed by atoms with Gasteiger partial charge >= 0.3 is 0 Å². The molecule has 0 amide bonds. The Morgan fingerprint density at radius 2 is 1.92 bits per heavy atom. The zero-order valence-electron chi connectivity index (χ0n) is 15.7. The molecule has 0 unspecified atom stereocenters. The molecule has 1 aromatic carbocycles. The number of aliphatic imine (C=N–C) groups is 1. The first-order chi connectivity index (χ1) is 12.2. The summed E-state index contributed by atoms with van der Waals surface area (Å²) in [5.74, 6) is 1.87. The molecule has 1 aromatic heterocycles. The molecule has 0 spiro atoms. The lowest BCUT2D eigenvalue weighted by Gasteiger charge is -2.37. The Hall–Kier alpha value is -1.90. The van der Waals surface area contributed by atoms with E-state index in [1.165, 1.54) is 11.4 Å². The van der Waals surface area contributed by atoms with Crippen molar-refractivity contribution >= 4 is 35.6 Å². The van der Waals surface area contributed by atoms with Gasteiger partial charge in [-0.2, -0.15) is 0 Å². The van der Waals surface area contributed by atoms with E-state index in [4.69, 9.17) is 4.74 Å². The van der Waals surface area contributed by atoms with E-state index in [1.54, 1.807) is 7.11 Å². The molecule has 0 radical (unpaired) electrons. The number of aromatic nitrogens is 1. The molecule has 1 saturated heterocycles. The summed E-state index contributed by atoms with van der Waals surface area (Å²) in [7, 11) is 5.62. The summed E-state index contributed by atoms with van der Waals surface area (Å²) in [6, 6.07) is 12.4. The molecule has 142 valence electrons. The Morgan fingerprint density at radius 1 is 1.15 bits per heavy atom. The van der Waals surface area contributed by atoms with E-state index >= 15 is 0 Å². The van der Waals surface area contributed by atoms with Crippen LogP contribution < -0.4 is 15.0 Å². The van der Waals surface area contributed by atoms with Gasteiger partial charge in [0, 0.05) is 63.9 Å². The zero-order valence-corrected chi connectivity index (χ0v) is 18.0. The predicted molar refractivity (Wildman–Crippen MR) is 118 cm³/mol. The number of nitrogens with one attached hydrogen (secondary N) is 1.